The SMILES string of the molecule is CCCNS(=O)(=O)N1CCCCC1CNCCOC. The van der Waals surface area contributed by atoms with E-state index in [-0.39, 0.29) is 6.04 Å². The first-order valence-corrected chi connectivity index (χ1v) is 8.52. The zero-order valence-electron chi connectivity index (χ0n) is 12.0. The molecule has 1 aliphatic heterocycles. The van der Waals surface area contributed by atoms with Gasteiger partial charge in [0.05, 0.1) is 6.61 Å². The van der Waals surface area contributed by atoms with Gasteiger partial charge in [-0.25, -0.2) is 4.72 Å². The number of ether oxygens (including phenoxy) is 1. The molecule has 1 rings (SSSR count). The van der Waals surface area contributed by atoms with Crippen LogP contribution in [-0.2, 0) is 14.9 Å². The smallest absolute Gasteiger partial charge is 0.279 e. The molecule has 1 saturated heterocycles. The number of piperidine rings is 1. The van der Waals surface area contributed by atoms with Gasteiger partial charge in [0.25, 0.3) is 10.2 Å². The minimum atomic E-state index is -3.33. The van der Waals surface area contributed by atoms with Crippen molar-refractivity contribution in [2.24, 2.45) is 0 Å². The molecule has 0 aromatic heterocycles. The van der Waals surface area contributed by atoms with E-state index in [2.05, 4.69) is 10.0 Å². The second kappa shape index (κ2) is 8.86. The highest BCUT2D eigenvalue weighted by atomic mass is 32.2. The summed E-state index contributed by atoms with van der Waals surface area (Å²) in [6.45, 7) is 5.17. The average molecular weight is 293 g/mol. The molecule has 0 saturated carbocycles. The molecule has 114 valence electrons. The van der Waals surface area contributed by atoms with Crippen LogP contribution in [0.15, 0.2) is 0 Å². The number of nitrogens with zero attached hydrogens (tertiary/aromatic N) is 1. The number of rotatable bonds is 9. The maximum absolute atomic E-state index is 12.2. The van der Waals surface area contributed by atoms with E-state index < -0.39 is 10.2 Å². The summed E-state index contributed by atoms with van der Waals surface area (Å²) in [4.78, 5) is 0. The fourth-order valence-electron chi connectivity index (χ4n) is 2.25. The fourth-order valence-corrected chi connectivity index (χ4v) is 3.82. The predicted molar refractivity (Wildman–Crippen MR) is 76.3 cm³/mol. The van der Waals surface area contributed by atoms with Gasteiger partial charge < -0.3 is 10.1 Å². The summed E-state index contributed by atoms with van der Waals surface area (Å²) < 4.78 is 33.7. The van der Waals surface area contributed by atoms with Gasteiger partial charge in [0.15, 0.2) is 0 Å². The van der Waals surface area contributed by atoms with E-state index in [1.807, 2.05) is 6.92 Å². The molecule has 0 aliphatic carbocycles. The van der Waals surface area contributed by atoms with E-state index in [1.165, 1.54) is 0 Å². The summed E-state index contributed by atoms with van der Waals surface area (Å²) in [6.07, 6.45) is 3.77. The molecule has 1 unspecified atom stereocenters. The molecule has 1 atom stereocenters. The van der Waals surface area contributed by atoms with Gasteiger partial charge in [-0.3, -0.25) is 0 Å². The summed E-state index contributed by atoms with van der Waals surface area (Å²) in [5.41, 5.74) is 0. The molecule has 19 heavy (non-hydrogen) atoms. The van der Waals surface area contributed by atoms with Crippen LogP contribution in [0.5, 0.6) is 0 Å². The first-order chi connectivity index (χ1) is 9.11. The second-order valence-electron chi connectivity index (χ2n) is 4.86. The molecule has 1 aliphatic rings. The average Bonchev–Trinajstić information content (AvgIpc) is 2.42. The molecule has 0 bridgehead atoms. The highest BCUT2D eigenvalue weighted by Crippen LogP contribution is 2.19. The molecule has 1 fully saturated rings. The van der Waals surface area contributed by atoms with Crippen LogP contribution in [-0.4, -0.2) is 58.7 Å². The zero-order chi connectivity index (χ0) is 14.1. The molecule has 0 aromatic rings. The lowest BCUT2D eigenvalue weighted by Crippen LogP contribution is -2.52. The Labute approximate surface area is 117 Å². The zero-order valence-corrected chi connectivity index (χ0v) is 12.8. The first kappa shape index (κ1) is 16.8. The van der Waals surface area contributed by atoms with Crippen LogP contribution in [0, 0.1) is 0 Å². The molecule has 0 spiro atoms. The van der Waals surface area contributed by atoms with E-state index >= 15 is 0 Å². The van der Waals surface area contributed by atoms with Crippen molar-refractivity contribution in [3.05, 3.63) is 0 Å². The Hall–Kier alpha value is -0.210. The van der Waals surface area contributed by atoms with Crippen molar-refractivity contribution in [3.63, 3.8) is 0 Å². The van der Waals surface area contributed by atoms with Crippen LogP contribution in [0.3, 0.4) is 0 Å². The van der Waals surface area contributed by atoms with Gasteiger partial charge in [-0.2, -0.15) is 12.7 Å². The van der Waals surface area contributed by atoms with Gasteiger partial charge in [0, 0.05) is 39.3 Å². The van der Waals surface area contributed by atoms with Crippen molar-refractivity contribution in [1.29, 1.82) is 0 Å². The van der Waals surface area contributed by atoms with Gasteiger partial charge in [-0.05, 0) is 19.3 Å². The molecule has 0 radical (unpaired) electrons. The molecule has 0 amide bonds. The van der Waals surface area contributed by atoms with Crippen molar-refractivity contribution in [2.75, 3.05) is 39.9 Å². The monoisotopic (exact) mass is 293 g/mol. The lowest BCUT2D eigenvalue weighted by Gasteiger charge is -2.34. The van der Waals surface area contributed by atoms with Crippen molar-refractivity contribution in [1.82, 2.24) is 14.3 Å². The number of nitrogens with one attached hydrogen (secondary N) is 2. The normalized spacial score (nSPS) is 21.7. The molecule has 1 heterocycles. The van der Waals surface area contributed by atoms with Gasteiger partial charge in [-0.1, -0.05) is 13.3 Å². The molecular formula is C12H27N3O3S. The Bertz CT molecular complexity index is 335. The summed E-state index contributed by atoms with van der Waals surface area (Å²) in [6, 6.07) is 0.0555. The molecular weight excluding hydrogens is 266 g/mol. The fraction of sp³-hybridized carbons (Fsp3) is 1.00. The minimum absolute atomic E-state index is 0.0555. The Morgan fingerprint density at radius 3 is 2.79 bits per heavy atom. The highest BCUT2D eigenvalue weighted by molar-refractivity contribution is 7.87. The molecule has 2 N–H and O–H groups in total. The largest absolute Gasteiger partial charge is 0.383 e. The summed E-state index contributed by atoms with van der Waals surface area (Å²) in [5, 5.41) is 3.26. The maximum atomic E-state index is 12.2. The van der Waals surface area contributed by atoms with E-state index in [1.54, 1.807) is 11.4 Å². The lowest BCUT2D eigenvalue weighted by molar-refractivity contribution is 0.191. The molecule has 6 nitrogen and oxygen atoms in total. The number of hydrogen-bond donors (Lipinski definition) is 2. The van der Waals surface area contributed by atoms with Crippen molar-refractivity contribution in [3.8, 4) is 0 Å². The molecule has 0 aromatic carbocycles. The standard InChI is InChI=1S/C12H27N3O3S/c1-3-7-14-19(16,17)15-9-5-4-6-12(15)11-13-8-10-18-2/h12-14H,3-11H2,1-2H3. The third-order valence-electron chi connectivity index (χ3n) is 3.28. The van der Waals surface area contributed by atoms with Gasteiger partial charge >= 0.3 is 0 Å². The Balaban J connectivity index is 2.51. The Morgan fingerprint density at radius 1 is 1.32 bits per heavy atom. The van der Waals surface area contributed by atoms with E-state index in [0.29, 0.717) is 26.2 Å². The quantitative estimate of drug-likeness (QED) is 0.601. The van der Waals surface area contributed by atoms with Crippen molar-refractivity contribution < 1.29 is 13.2 Å². The van der Waals surface area contributed by atoms with Crippen LogP contribution < -0.4 is 10.0 Å². The van der Waals surface area contributed by atoms with Crippen LogP contribution in [0.2, 0.25) is 0 Å². The van der Waals surface area contributed by atoms with E-state index in [4.69, 9.17) is 4.74 Å². The van der Waals surface area contributed by atoms with E-state index in [0.717, 1.165) is 32.2 Å². The van der Waals surface area contributed by atoms with Crippen LogP contribution in [0.1, 0.15) is 32.6 Å². The topological polar surface area (TPSA) is 70.7 Å². The van der Waals surface area contributed by atoms with Gasteiger partial charge in [0.2, 0.25) is 0 Å². The lowest BCUT2D eigenvalue weighted by atomic mass is 10.1. The van der Waals surface area contributed by atoms with E-state index in [9.17, 15) is 8.42 Å². The molecule has 7 heteroatoms. The summed E-state index contributed by atoms with van der Waals surface area (Å²) in [7, 11) is -1.66. The third kappa shape index (κ3) is 5.74. The van der Waals surface area contributed by atoms with Gasteiger partial charge in [-0.15, -0.1) is 0 Å². The number of methoxy groups -OCH3 is 1. The minimum Gasteiger partial charge on any atom is -0.383 e. The predicted octanol–water partition coefficient (Wildman–Crippen LogP) is 0.321. The van der Waals surface area contributed by atoms with Crippen LogP contribution >= 0.6 is 0 Å². The second-order valence-corrected chi connectivity index (χ2v) is 6.56. The Kier molecular flexibility index (Phi) is 7.86. The summed E-state index contributed by atoms with van der Waals surface area (Å²) in [5.74, 6) is 0. The van der Waals surface area contributed by atoms with Crippen LogP contribution in [0.4, 0.5) is 0 Å². The third-order valence-corrected chi connectivity index (χ3v) is 4.95. The summed E-state index contributed by atoms with van der Waals surface area (Å²) >= 11 is 0. The first-order valence-electron chi connectivity index (χ1n) is 7.08. The highest BCUT2D eigenvalue weighted by Gasteiger charge is 2.31. The van der Waals surface area contributed by atoms with Crippen molar-refractivity contribution >= 4 is 10.2 Å². The van der Waals surface area contributed by atoms with Gasteiger partial charge in [0.1, 0.15) is 0 Å². The number of hydrogen-bond acceptors (Lipinski definition) is 4. The maximum Gasteiger partial charge on any atom is 0.279 e. The van der Waals surface area contributed by atoms with Crippen molar-refractivity contribution in [2.45, 2.75) is 38.6 Å². The van der Waals surface area contributed by atoms with Crippen LogP contribution in [0.25, 0.3) is 0 Å². The Morgan fingerprint density at radius 2 is 2.11 bits per heavy atom.